The Morgan fingerprint density at radius 1 is 1.38 bits per heavy atom. The summed E-state index contributed by atoms with van der Waals surface area (Å²) < 4.78 is 43.5. The van der Waals surface area contributed by atoms with E-state index in [1.807, 2.05) is 0 Å². The van der Waals surface area contributed by atoms with Gasteiger partial charge in [-0.25, -0.2) is 4.39 Å². The van der Waals surface area contributed by atoms with Crippen LogP contribution in [0.3, 0.4) is 0 Å². The van der Waals surface area contributed by atoms with E-state index in [-0.39, 0.29) is 0 Å². The van der Waals surface area contributed by atoms with Gasteiger partial charge in [0.2, 0.25) is 0 Å². The minimum atomic E-state index is -4.08. The van der Waals surface area contributed by atoms with E-state index in [1.54, 1.807) is 0 Å². The molecule has 5 heteroatoms. The first-order chi connectivity index (χ1) is 5.93. The summed E-state index contributed by atoms with van der Waals surface area (Å²) in [5, 5.41) is -0.970. The van der Waals surface area contributed by atoms with Gasteiger partial charge in [0.25, 0.3) is 10.1 Å². The molecule has 0 saturated heterocycles. The minimum Gasteiger partial charge on any atom is -0.285 e. The zero-order valence-corrected chi connectivity index (χ0v) is 8.43. The van der Waals surface area contributed by atoms with Crippen LogP contribution in [0.5, 0.6) is 0 Å². The second-order valence-corrected chi connectivity index (χ2v) is 5.46. The van der Waals surface area contributed by atoms with Gasteiger partial charge in [-0.3, -0.25) is 4.55 Å². The summed E-state index contributed by atoms with van der Waals surface area (Å²) in [6.07, 6.45) is 1.57. The molecule has 13 heavy (non-hydrogen) atoms. The molecule has 3 unspecified atom stereocenters. The maximum atomic E-state index is 13.3. The zero-order chi connectivity index (χ0) is 10.1. The van der Waals surface area contributed by atoms with Crippen molar-refractivity contribution >= 4 is 10.1 Å². The molecule has 1 aliphatic carbocycles. The predicted octanol–water partition coefficient (Wildman–Crippen LogP) is 1.79. The van der Waals surface area contributed by atoms with Gasteiger partial charge in [0.05, 0.1) is 5.25 Å². The molecule has 0 amide bonds. The molecule has 3 atom stereocenters. The number of rotatable bonds is 2. The summed E-state index contributed by atoms with van der Waals surface area (Å²) in [6.45, 7) is 1.37. The third kappa shape index (κ3) is 2.64. The van der Waals surface area contributed by atoms with Gasteiger partial charge in [-0.15, -0.1) is 0 Å². The highest BCUT2D eigenvalue weighted by atomic mass is 32.2. The lowest BCUT2D eigenvalue weighted by Gasteiger charge is -2.28. The second-order valence-electron chi connectivity index (χ2n) is 3.68. The first-order valence-electron chi connectivity index (χ1n) is 4.53. The fraction of sp³-hybridized carbons (Fsp3) is 1.00. The summed E-state index contributed by atoms with van der Waals surface area (Å²) in [4.78, 5) is 0. The zero-order valence-electron chi connectivity index (χ0n) is 7.61. The molecule has 1 rings (SSSR count). The summed E-state index contributed by atoms with van der Waals surface area (Å²) in [5.74, 6) is -0.524. The monoisotopic (exact) mass is 210 g/mol. The molecule has 3 nitrogen and oxygen atoms in total. The average Bonchev–Trinajstić information content (AvgIpc) is 2.02. The molecule has 1 aliphatic rings. The Morgan fingerprint density at radius 2 is 1.92 bits per heavy atom. The van der Waals surface area contributed by atoms with E-state index in [9.17, 15) is 12.8 Å². The first-order valence-corrected chi connectivity index (χ1v) is 6.03. The largest absolute Gasteiger partial charge is 0.285 e. The Hall–Kier alpha value is -0.160. The standard InChI is InChI=1S/C8H15FO3S/c1-6(13(10,11)12)7-4-2-3-5-8(7)9/h6-8H,2-5H2,1H3,(H,10,11,12). The Labute approximate surface area is 78.1 Å². The van der Waals surface area contributed by atoms with Crippen LogP contribution < -0.4 is 0 Å². The van der Waals surface area contributed by atoms with Gasteiger partial charge in [-0.05, 0) is 19.8 Å². The van der Waals surface area contributed by atoms with Crippen molar-refractivity contribution in [2.75, 3.05) is 0 Å². The summed E-state index contributed by atoms with van der Waals surface area (Å²) in [6, 6.07) is 0. The lowest BCUT2D eigenvalue weighted by atomic mass is 9.85. The van der Waals surface area contributed by atoms with Crippen LogP contribution in [0.15, 0.2) is 0 Å². The third-order valence-electron chi connectivity index (χ3n) is 2.80. The Balaban J connectivity index is 2.70. The highest BCUT2D eigenvalue weighted by molar-refractivity contribution is 7.86. The summed E-state index contributed by atoms with van der Waals surface area (Å²) in [7, 11) is -4.08. The Kier molecular flexibility index (Phi) is 3.29. The van der Waals surface area contributed by atoms with Crippen LogP contribution in [0, 0.1) is 5.92 Å². The Bertz CT molecular complexity index is 263. The van der Waals surface area contributed by atoms with Gasteiger partial charge in [-0.2, -0.15) is 8.42 Å². The van der Waals surface area contributed by atoms with Crippen LogP contribution in [0.25, 0.3) is 0 Å². The van der Waals surface area contributed by atoms with Crippen molar-refractivity contribution < 1.29 is 17.4 Å². The van der Waals surface area contributed by atoms with Gasteiger partial charge < -0.3 is 0 Å². The smallest absolute Gasteiger partial charge is 0.267 e. The quantitative estimate of drug-likeness (QED) is 0.707. The minimum absolute atomic E-state index is 0.421. The van der Waals surface area contributed by atoms with E-state index in [1.165, 1.54) is 6.92 Å². The lowest BCUT2D eigenvalue weighted by molar-refractivity contribution is 0.161. The van der Waals surface area contributed by atoms with Crippen LogP contribution in [0.1, 0.15) is 32.6 Å². The predicted molar refractivity (Wildman–Crippen MR) is 47.9 cm³/mol. The van der Waals surface area contributed by atoms with E-state index >= 15 is 0 Å². The molecule has 0 aromatic rings. The van der Waals surface area contributed by atoms with E-state index in [0.717, 1.165) is 12.8 Å². The van der Waals surface area contributed by atoms with E-state index in [2.05, 4.69) is 0 Å². The van der Waals surface area contributed by atoms with Gasteiger partial charge in [-0.1, -0.05) is 12.8 Å². The van der Waals surface area contributed by atoms with Crippen LogP contribution in [0.4, 0.5) is 4.39 Å². The molecule has 0 aromatic heterocycles. The normalized spacial score (nSPS) is 32.8. The molecule has 1 N–H and O–H groups in total. The highest BCUT2D eigenvalue weighted by Crippen LogP contribution is 2.31. The maximum Gasteiger partial charge on any atom is 0.267 e. The van der Waals surface area contributed by atoms with Crippen LogP contribution >= 0.6 is 0 Å². The summed E-state index contributed by atoms with van der Waals surface area (Å²) >= 11 is 0. The van der Waals surface area contributed by atoms with Crippen molar-refractivity contribution in [3.8, 4) is 0 Å². The summed E-state index contributed by atoms with van der Waals surface area (Å²) in [5.41, 5.74) is 0. The van der Waals surface area contributed by atoms with Crippen LogP contribution in [-0.2, 0) is 10.1 Å². The molecule has 1 fully saturated rings. The fourth-order valence-corrected chi connectivity index (χ4v) is 2.61. The SMILES string of the molecule is CC(C1CCCCC1F)S(=O)(=O)O. The molecule has 0 heterocycles. The van der Waals surface area contributed by atoms with Gasteiger partial charge in [0, 0.05) is 5.92 Å². The van der Waals surface area contributed by atoms with Crippen molar-refractivity contribution in [1.29, 1.82) is 0 Å². The maximum absolute atomic E-state index is 13.3. The molecule has 0 spiro atoms. The number of hydrogen-bond donors (Lipinski definition) is 1. The van der Waals surface area contributed by atoms with Crippen molar-refractivity contribution in [1.82, 2.24) is 0 Å². The van der Waals surface area contributed by atoms with Gasteiger partial charge >= 0.3 is 0 Å². The molecule has 0 aliphatic heterocycles. The molecule has 0 radical (unpaired) electrons. The number of hydrogen-bond acceptors (Lipinski definition) is 2. The van der Waals surface area contributed by atoms with E-state index < -0.39 is 27.5 Å². The number of alkyl halides is 1. The fourth-order valence-electron chi connectivity index (χ4n) is 1.86. The Morgan fingerprint density at radius 3 is 2.38 bits per heavy atom. The molecule has 0 aromatic carbocycles. The van der Waals surface area contributed by atoms with E-state index in [4.69, 9.17) is 4.55 Å². The van der Waals surface area contributed by atoms with E-state index in [0.29, 0.717) is 12.8 Å². The molecular weight excluding hydrogens is 195 g/mol. The van der Waals surface area contributed by atoms with Crippen LogP contribution in [-0.4, -0.2) is 24.4 Å². The van der Waals surface area contributed by atoms with Gasteiger partial charge in [0.1, 0.15) is 6.17 Å². The van der Waals surface area contributed by atoms with Crippen molar-refractivity contribution in [2.45, 2.75) is 44.0 Å². The second kappa shape index (κ2) is 3.92. The number of halogens is 1. The third-order valence-corrected chi connectivity index (χ3v) is 4.09. The van der Waals surface area contributed by atoms with Crippen molar-refractivity contribution in [2.24, 2.45) is 5.92 Å². The highest BCUT2D eigenvalue weighted by Gasteiger charge is 2.35. The topological polar surface area (TPSA) is 54.4 Å². The molecule has 78 valence electrons. The molecular formula is C8H15FO3S. The lowest BCUT2D eigenvalue weighted by Crippen LogP contribution is -2.35. The van der Waals surface area contributed by atoms with Crippen molar-refractivity contribution in [3.63, 3.8) is 0 Å². The van der Waals surface area contributed by atoms with Crippen molar-refractivity contribution in [3.05, 3.63) is 0 Å². The van der Waals surface area contributed by atoms with Crippen LogP contribution in [0.2, 0.25) is 0 Å². The molecule has 0 bridgehead atoms. The molecule has 1 saturated carbocycles. The first kappa shape index (κ1) is 10.9. The van der Waals surface area contributed by atoms with Gasteiger partial charge in [0.15, 0.2) is 0 Å². The average molecular weight is 210 g/mol.